The molecule has 0 spiro atoms. The Kier molecular flexibility index (Phi) is 16.9. The van der Waals surface area contributed by atoms with E-state index >= 15 is 0 Å². The summed E-state index contributed by atoms with van der Waals surface area (Å²) < 4.78 is 0. The molecule has 4 N–H and O–H groups in total. The summed E-state index contributed by atoms with van der Waals surface area (Å²) in [6, 6.07) is 0. The predicted octanol–water partition coefficient (Wildman–Crippen LogP) is 4.14. The smallest absolute Gasteiger partial charge is 0.217 e. The van der Waals surface area contributed by atoms with Crippen LogP contribution in [0.5, 0.6) is 0 Å². The van der Waals surface area contributed by atoms with Crippen LogP contribution in [0.2, 0.25) is 0 Å². The van der Waals surface area contributed by atoms with Crippen LogP contribution < -0.4 is 11.5 Å². The van der Waals surface area contributed by atoms with Crippen LogP contribution in [0.25, 0.3) is 0 Å². The Hall–Kier alpha value is 1.39. The lowest BCUT2D eigenvalue weighted by Crippen LogP contribution is -2.09. The normalized spacial score (nSPS) is 10.5. The van der Waals surface area contributed by atoms with Gasteiger partial charge in [-0.1, -0.05) is 21.6 Å². The molecule has 0 radical (unpaired) electrons. The van der Waals surface area contributed by atoms with Gasteiger partial charge in [0.15, 0.2) is 0 Å². The summed E-state index contributed by atoms with van der Waals surface area (Å²) >= 11 is 0. The molecule has 11 heteroatoms. The summed E-state index contributed by atoms with van der Waals surface area (Å²) in [7, 11) is 12.1. The van der Waals surface area contributed by atoms with Crippen molar-refractivity contribution in [1.82, 2.24) is 0 Å². The predicted molar refractivity (Wildman–Crippen MR) is 99.7 cm³/mol. The summed E-state index contributed by atoms with van der Waals surface area (Å²) in [5.41, 5.74) is 10.1. The third-order valence-corrected chi connectivity index (χ3v) is 14.8. The van der Waals surface area contributed by atoms with Gasteiger partial charge in [0.2, 0.25) is 11.8 Å². The SMILES string of the molecule is NC(=O)CCCSSSSSSSCCCC(N)=O. The van der Waals surface area contributed by atoms with Crippen LogP contribution in [-0.4, -0.2) is 23.3 Å². The molecule has 112 valence electrons. The maximum Gasteiger partial charge on any atom is 0.217 e. The van der Waals surface area contributed by atoms with Crippen molar-refractivity contribution >= 4 is 82.5 Å². The first-order valence-electron chi connectivity index (χ1n) is 5.27. The summed E-state index contributed by atoms with van der Waals surface area (Å²) in [5, 5.41) is 0. The first kappa shape index (κ1) is 20.4. The standard InChI is InChI=1S/C8H16N2O2S7/c9-7(11)3-1-5-13-15-17-19-18-16-14-6-2-4-8(10)12/h1-6H2,(H2,9,11)(H2,10,12). The fourth-order valence-corrected chi connectivity index (χ4v) is 15.1. The average molecular weight is 397 g/mol. The quantitative estimate of drug-likeness (QED) is 0.332. The highest BCUT2D eigenvalue weighted by Crippen LogP contribution is 2.55. The maximum atomic E-state index is 10.5. The van der Waals surface area contributed by atoms with Crippen molar-refractivity contribution < 1.29 is 9.59 Å². The van der Waals surface area contributed by atoms with Crippen LogP contribution in [0.3, 0.4) is 0 Å². The molecule has 0 aliphatic rings. The van der Waals surface area contributed by atoms with E-state index in [1.807, 2.05) is 0 Å². The second-order valence-electron chi connectivity index (χ2n) is 3.12. The average Bonchev–Trinajstić information content (AvgIpc) is 2.34. The van der Waals surface area contributed by atoms with Crippen molar-refractivity contribution in [2.75, 3.05) is 11.5 Å². The zero-order valence-corrected chi connectivity index (χ0v) is 15.8. The fraction of sp³-hybridized carbons (Fsp3) is 0.750. The highest BCUT2D eigenvalue weighted by molar-refractivity contribution is 9.45. The number of hydrogen-bond acceptors (Lipinski definition) is 9. The van der Waals surface area contributed by atoms with Gasteiger partial charge in [0.1, 0.15) is 0 Å². The third kappa shape index (κ3) is 19.4. The topological polar surface area (TPSA) is 86.2 Å². The minimum Gasteiger partial charge on any atom is -0.370 e. The molecular formula is C8H16N2O2S7. The molecule has 0 saturated heterocycles. The van der Waals surface area contributed by atoms with Crippen molar-refractivity contribution in [3.8, 4) is 0 Å². The minimum atomic E-state index is -0.229. The van der Waals surface area contributed by atoms with Crippen molar-refractivity contribution in [1.29, 1.82) is 0 Å². The van der Waals surface area contributed by atoms with Crippen LogP contribution in [0.1, 0.15) is 25.7 Å². The first-order chi connectivity index (χ1) is 9.13. The van der Waals surface area contributed by atoms with Gasteiger partial charge in [-0.05, 0) is 62.0 Å². The molecule has 0 heterocycles. The Bertz CT molecular complexity index is 233. The van der Waals surface area contributed by atoms with Crippen LogP contribution in [0.15, 0.2) is 0 Å². The molecule has 0 rings (SSSR count). The lowest BCUT2D eigenvalue weighted by Gasteiger charge is -1.99. The summed E-state index contributed by atoms with van der Waals surface area (Å²) in [6.45, 7) is 0. The molecule has 4 nitrogen and oxygen atoms in total. The maximum absolute atomic E-state index is 10.5. The number of carbonyl (C=O) groups excluding carboxylic acids is 2. The molecule has 0 aromatic heterocycles. The Labute approximate surface area is 140 Å². The zero-order valence-electron chi connectivity index (χ0n) is 10.1. The van der Waals surface area contributed by atoms with E-state index < -0.39 is 0 Å². The van der Waals surface area contributed by atoms with E-state index in [0.717, 1.165) is 24.3 Å². The van der Waals surface area contributed by atoms with E-state index in [2.05, 4.69) is 0 Å². The van der Waals surface area contributed by atoms with Gasteiger partial charge in [-0.25, -0.2) is 0 Å². The van der Waals surface area contributed by atoms with Gasteiger partial charge in [-0.2, -0.15) is 0 Å². The van der Waals surface area contributed by atoms with Crippen LogP contribution >= 0.6 is 70.7 Å². The Morgan fingerprint density at radius 3 is 1.42 bits per heavy atom. The molecule has 0 aliphatic heterocycles. The van der Waals surface area contributed by atoms with Gasteiger partial charge >= 0.3 is 0 Å². The minimum absolute atomic E-state index is 0.229. The number of hydrogen-bond donors (Lipinski definition) is 2. The fourth-order valence-electron chi connectivity index (χ4n) is 0.752. The van der Waals surface area contributed by atoms with E-state index in [0.29, 0.717) is 12.8 Å². The van der Waals surface area contributed by atoms with Gasteiger partial charge in [0.25, 0.3) is 0 Å². The van der Waals surface area contributed by atoms with Gasteiger partial charge in [-0.3, -0.25) is 9.59 Å². The zero-order chi connectivity index (χ0) is 14.3. The molecule has 19 heavy (non-hydrogen) atoms. The van der Waals surface area contributed by atoms with Crippen LogP contribution in [0, 0.1) is 0 Å². The van der Waals surface area contributed by atoms with Crippen molar-refractivity contribution in [2.24, 2.45) is 11.5 Å². The highest BCUT2D eigenvalue weighted by Gasteiger charge is 1.99. The third-order valence-electron chi connectivity index (χ3n) is 1.51. The van der Waals surface area contributed by atoms with Crippen molar-refractivity contribution in [3.05, 3.63) is 0 Å². The molecule has 0 unspecified atom stereocenters. The molecule has 0 bridgehead atoms. The molecule has 0 aromatic rings. The second kappa shape index (κ2) is 15.8. The van der Waals surface area contributed by atoms with E-state index in [4.69, 9.17) is 11.5 Å². The number of primary amides is 2. The van der Waals surface area contributed by atoms with Gasteiger partial charge in [0.05, 0.1) is 0 Å². The lowest BCUT2D eigenvalue weighted by atomic mass is 10.3. The summed E-state index contributed by atoms with van der Waals surface area (Å²) in [6.07, 6.45) is 2.63. The van der Waals surface area contributed by atoms with E-state index in [1.165, 1.54) is 0 Å². The van der Waals surface area contributed by atoms with Gasteiger partial charge in [0, 0.05) is 24.3 Å². The molecule has 0 fully saturated rings. The van der Waals surface area contributed by atoms with E-state index in [1.54, 1.807) is 70.7 Å². The number of rotatable bonds is 14. The Morgan fingerprint density at radius 2 is 1.05 bits per heavy atom. The molecule has 0 saturated carbocycles. The molecule has 0 aliphatic carbocycles. The van der Waals surface area contributed by atoms with Crippen molar-refractivity contribution in [3.63, 3.8) is 0 Å². The van der Waals surface area contributed by atoms with Gasteiger partial charge in [-0.15, -0.1) is 0 Å². The molecule has 0 atom stereocenters. The Balaban J connectivity index is 2.99. The second-order valence-corrected chi connectivity index (χ2v) is 14.7. The number of amides is 2. The van der Waals surface area contributed by atoms with Crippen molar-refractivity contribution in [2.45, 2.75) is 25.7 Å². The molecular weight excluding hydrogens is 381 g/mol. The molecule has 2 amide bonds. The van der Waals surface area contributed by atoms with Crippen LogP contribution in [0.4, 0.5) is 0 Å². The molecule has 0 aromatic carbocycles. The number of carbonyl (C=O) groups is 2. The first-order valence-corrected chi connectivity index (χ1v) is 14.4. The van der Waals surface area contributed by atoms with E-state index in [9.17, 15) is 9.59 Å². The van der Waals surface area contributed by atoms with E-state index in [-0.39, 0.29) is 11.8 Å². The monoisotopic (exact) mass is 396 g/mol. The summed E-state index contributed by atoms with van der Waals surface area (Å²) in [4.78, 5) is 21.0. The lowest BCUT2D eigenvalue weighted by molar-refractivity contribution is -0.118. The van der Waals surface area contributed by atoms with Crippen LogP contribution in [-0.2, 0) is 9.59 Å². The van der Waals surface area contributed by atoms with Gasteiger partial charge < -0.3 is 11.5 Å². The largest absolute Gasteiger partial charge is 0.370 e. The summed E-state index contributed by atoms with van der Waals surface area (Å²) in [5.74, 6) is 1.43. The highest BCUT2D eigenvalue weighted by atomic mass is 33.9. The Morgan fingerprint density at radius 1 is 0.684 bits per heavy atom. The number of nitrogens with two attached hydrogens (primary N) is 2.